The van der Waals surface area contributed by atoms with Crippen molar-refractivity contribution in [1.82, 2.24) is 9.88 Å². The zero-order valence-corrected chi connectivity index (χ0v) is 19.0. The maximum absolute atomic E-state index is 13.3. The molecule has 0 bridgehead atoms. The summed E-state index contributed by atoms with van der Waals surface area (Å²) in [5, 5.41) is 0.586. The van der Waals surface area contributed by atoms with Gasteiger partial charge in [-0.15, -0.1) is 0 Å². The summed E-state index contributed by atoms with van der Waals surface area (Å²) in [4.78, 5) is 22.1. The number of ether oxygens (including phenoxy) is 3. The van der Waals surface area contributed by atoms with E-state index in [1.54, 1.807) is 31.3 Å². The standard InChI is InChI=1S/C23H26FN3O4S/c1-29-18-7-8-19(30-2)22-21(18)25-23(32-22)27(10-9-26-11-13-31-14-12-26)20(28)15-16-3-5-17(24)6-4-16/h3-8H,9-15H2,1-2H3. The zero-order chi connectivity index (χ0) is 22.5. The second-order valence-electron chi connectivity index (χ2n) is 7.45. The molecule has 4 rings (SSSR count). The van der Waals surface area contributed by atoms with Crippen LogP contribution in [0.2, 0.25) is 0 Å². The highest BCUT2D eigenvalue weighted by Crippen LogP contribution is 2.40. The Morgan fingerprint density at radius 2 is 1.81 bits per heavy atom. The fourth-order valence-electron chi connectivity index (χ4n) is 3.66. The van der Waals surface area contributed by atoms with Gasteiger partial charge < -0.3 is 14.2 Å². The number of nitrogens with zero attached hydrogens (tertiary/aromatic N) is 3. The van der Waals surface area contributed by atoms with E-state index in [4.69, 9.17) is 19.2 Å². The van der Waals surface area contributed by atoms with Crippen LogP contribution in [0.25, 0.3) is 10.2 Å². The molecule has 0 saturated carbocycles. The number of methoxy groups -OCH3 is 2. The molecule has 32 heavy (non-hydrogen) atoms. The molecule has 2 aromatic carbocycles. The number of benzene rings is 2. The highest BCUT2D eigenvalue weighted by molar-refractivity contribution is 7.22. The van der Waals surface area contributed by atoms with Crippen LogP contribution in [0.4, 0.5) is 9.52 Å². The van der Waals surface area contributed by atoms with E-state index in [0.717, 1.165) is 23.4 Å². The minimum atomic E-state index is -0.323. The Balaban J connectivity index is 1.64. The van der Waals surface area contributed by atoms with E-state index in [9.17, 15) is 9.18 Å². The summed E-state index contributed by atoms with van der Waals surface area (Å²) in [6.07, 6.45) is 0.160. The second-order valence-corrected chi connectivity index (χ2v) is 8.42. The molecule has 0 radical (unpaired) electrons. The Bertz CT molecular complexity index is 1030. The summed E-state index contributed by atoms with van der Waals surface area (Å²) in [7, 11) is 3.20. The molecule has 170 valence electrons. The summed E-state index contributed by atoms with van der Waals surface area (Å²) in [5.74, 6) is 0.892. The van der Waals surface area contributed by atoms with Gasteiger partial charge in [0.05, 0.1) is 33.9 Å². The first-order valence-electron chi connectivity index (χ1n) is 10.5. The number of fused-ring (bicyclic) bond motifs is 1. The van der Waals surface area contributed by atoms with Crippen molar-refractivity contribution < 1.29 is 23.4 Å². The Kier molecular flexibility index (Phi) is 7.19. The summed E-state index contributed by atoms with van der Waals surface area (Å²) in [5.41, 5.74) is 1.42. The molecule has 9 heteroatoms. The maximum Gasteiger partial charge on any atom is 0.233 e. The maximum atomic E-state index is 13.3. The average Bonchev–Trinajstić information content (AvgIpc) is 3.26. The summed E-state index contributed by atoms with van der Waals surface area (Å²) < 4.78 is 30.5. The van der Waals surface area contributed by atoms with E-state index < -0.39 is 0 Å². The molecule has 0 unspecified atom stereocenters. The molecule has 3 aromatic rings. The van der Waals surface area contributed by atoms with Crippen molar-refractivity contribution in [3.8, 4) is 11.5 Å². The molecule has 0 N–H and O–H groups in total. The van der Waals surface area contributed by atoms with E-state index in [1.807, 2.05) is 12.1 Å². The predicted molar refractivity (Wildman–Crippen MR) is 122 cm³/mol. The first kappa shape index (κ1) is 22.4. The zero-order valence-electron chi connectivity index (χ0n) is 18.2. The van der Waals surface area contributed by atoms with Gasteiger partial charge in [-0.25, -0.2) is 9.37 Å². The number of morpholine rings is 1. The topological polar surface area (TPSA) is 64.1 Å². The molecule has 1 aliphatic rings. The van der Waals surface area contributed by atoms with Crippen molar-refractivity contribution in [3.63, 3.8) is 0 Å². The molecule has 1 aromatic heterocycles. The lowest BCUT2D eigenvalue weighted by Gasteiger charge is -2.29. The van der Waals surface area contributed by atoms with Crippen LogP contribution in [0.1, 0.15) is 5.56 Å². The van der Waals surface area contributed by atoms with Crippen LogP contribution in [0.15, 0.2) is 36.4 Å². The lowest BCUT2D eigenvalue weighted by molar-refractivity contribution is -0.118. The van der Waals surface area contributed by atoms with Gasteiger partial charge in [0.1, 0.15) is 27.5 Å². The lowest BCUT2D eigenvalue weighted by Crippen LogP contribution is -2.43. The van der Waals surface area contributed by atoms with E-state index in [1.165, 1.54) is 23.5 Å². The third-order valence-corrected chi connectivity index (χ3v) is 6.54. The second kappa shape index (κ2) is 10.2. The molecule has 1 aliphatic heterocycles. The fourth-order valence-corrected chi connectivity index (χ4v) is 4.77. The van der Waals surface area contributed by atoms with Crippen molar-refractivity contribution in [2.75, 3.05) is 58.5 Å². The SMILES string of the molecule is COc1ccc(OC)c2sc(N(CCN3CCOCC3)C(=O)Cc3ccc(F)cc3)nc12. The number of rotatable bonds is 8. The third-order valence-electron chi connectivity index (χ3n) is 5.44. The van der Waals surface area contributed by atoms with E-state index in [-0.39, 0.29) is 18.1 Å². The van der Waals surface area contributed by atoms with Crippen molar-refractivity contribution >= 4 is 32.6 Å². The summed E-state index contributed by atoms with van der Waals surface area (Å²) in [6, 6.07) is 9.66. The number of anilines is 1. The third kappa shape index (κ3) is 5.01. The van der Waals surface area contributed by atoms with Crippen LogP contribution in [-0.2, 0) is 16.0 Å². The van der Waals surface area contributed by atoms with Gasteiger partial charge in [-0.1, -0.05) is 23.5 Å². The highest BCUT2D eigenvalue weighted by Gasteiger charge is 2.24. The minimum Gasteiger partial charge on any atom is -0.495 e. The molecule has 1 fully saturated rings. The van der Waals surface area contributed by atoms with Gasteiger partial charge in [0, 0.05) is 26.2 Å². The average molecular weight is 460 g/mol. The van der Waals surface area contributed by atoms with Crippen molar-refractivity contribution in [2.45, 2.75) is 6.42 Å². The van der Waals surface area contributed by atoms with Gasteiger partial charge in [0.2, 0.25) is 5.91 Å². The van der Waals surface area contributed by atoms with E-state index in [0.29, 0.717) is 48.5 Å². The molecule has 0 aliphatic carbocycles. The summed E-state index contributed by atoms with van der Waals surface area (Å²) >= 11 is 1.40. The van der Waals surface area contributed by atoms with Gasteiger partial charge in [0.15, 0.2) is 5.13 Å². The number of halogens is 1. The number of aromatic nitrogens is 1. The molecular weight excluding hydrogens is 433 g/mol. The van der Waals surface area contributed by atoms with Gasteiger partial charge in [-0.2, -0.15) is 0 Å². The highest BCUT2D eigenvalue weighted by atomic mass is 32.1. The van der Waals surface area contributed by atoms with Gasteiger partial charge in [0.25, 0.3) is 0 Å². The van der Waals surface area contributed by atoms with Crippen LogP contribution in [-0.4, -0.2) is 69.4 Å². The van der Waals surface area contributed by atoms with Crippen LogP contribution in [0, 0.1) is 5.82 Å². The van der Waals surface area contributed by atoms with Gasteiger partial charge in [-0.05, 0) is 29.8 Å². The number of thiazole rings is 1. The quantitative estimate of drug-likeness (QED) is 0.515. The first-order chi connectivity index (χ1) is 15.6. The molecule has 2 heterocycles. The van der Waals surface area contributed by atoms with E-state index in [2.05, 4.69) is 4.90 Å². The molecule has 0 spiro atoms. The van der Waals surface area contributed by atoms with Crippen LogP contribution in [0.3, 0.4) is 0 Å². The monoisotopic (exact) mass is 459 g/mol. The Morgan fingerprint density at radius 1 is 1.12 bits per heavy atom. The van der Waals surface area contributed by atoms with Gasteiger partial charge in [-0.3, -0.25) is 14.6 Å². The van der Waals surface area contributed by atoms with Crippen LogP contribution in [0.5, 0.6) is 11.5 Å². The number of hydrogen-bond donors (Lipinski definition) is 0. The Labute approximate surface area is 190 Å². The molecule has 1 saturated heterocycles. The van der Waals surface area contributed by atoms with E-state index >= 15 is 0 Å². The lowest BCUT2D eigenvalue weighted by atomic mass is 10.1. The van der Waals surface area contributed by atoms with Gasteiger partial charge >= 0.3 is 0 Å². The molecule has 7 nitrogen and oxygen atoms in total. The summed E-state index contributed by atoms with van der Waals surface area (Å²) in [6.45, 7) is 4.26. The molecular formula is C23H26FN3O4S. The largest absolute Gasteiger partial charge is 0.495 e. The number of carbonyl (C=O) groups excluding carboxylic acids is 1. The van der Waals surface area contributed by atoms with Crippen molar-refractivity contribution in [1.29, 1.82) is 0 Å². The Hall–Kier alpha value is -2.75. The Morgan fingerprint density at radius 3 is 2.50 bits per heavy atom. The fraction of sp³-hybridized carbons (Fsp3) is 0.391. The minimum absolute atomic E-state index is 0.0955. The number of carbonyl (C=O) groups is 1. The molecule has 1 amide bonds. The van der Waals surface area contributed by atoms with Crippen LogP contribution < -0.4 is 14.4 Å². The predicted octanol–water partition coefficient (Wildman–Crippen LogP) is 3.36. The number of hydrogen-bond acceptors (Lipinski definition) is 7. The van der Waals surface area contributed by atoms with Crippen molar-refractivity contribution in [2.24, 2.45) is 0 Å². The first-order valence-corrected chi connectivity index (χ1v) is 11.3. The molecule has 0 atom stereocenters. The smallest absolute Gasteiger partial charge is 0.233 e. The number of amides is 1. The van der Waals surface area contributed by atoms with Crippen LogP contribution >= 0.6 is 11.3 Å². The van der Waals surface area contributed by atoms with Crippen molar-refractivity contribution in [3.05, 3.63) is 47.8 Å². The normalized spacial score (nSPS) is 14.5.